The maximum atomic E-state index is 11.8. The molecule has 0 aliphatic carbocycles. The molecule has 6 heteroatoms. The number of hydrogen-bond acceptors (Lipinski definition) is 2. The molecule has 0 unspecified atom stereocenters. The van der Waals surface area contributed by atoms with Gasteiger partial charge in [-0.05, 0) is 42.5 Å². The summed E-state index contributed by atoms with van der Waals surface area (Å²) in [5.41, 5.74) is 7.26. The number of nitrogen functional groups attached to an aromatic ring is 1. The van der Waals surface area contributed by atoms with Gasteiger partial charge in [-0.15, -0.1) is 0 Å². The summed E-state index contributed by atoms with van der Waals surface area (Å²) in [5.74, 6) is 0. The van der Waals surface area contributed by atoms with Gasteiger partial charge in [0, 0.05) is 15.7 Å². The van der Waals surface area contributed by atoms with Gasteiger partial charge in [0.1, 0.15) is 0 Å². The Kier molecular flexibility index (Phi) is 4.14. The number of nitrogens with two attached hydrogens (primary N) is 1. The molecule has 0 radical (unpaired) electrons. The highest BCUT2D eigenvalue weighted by molar-refractivity contribution is 6.31. The molecule has 98 valence electrons. The Morgan fingerprint density at radius 2 is 1.58 bits per heavy atom. The van der Waals surface area contributed by atoms with Crippen LogP contribution in [0.5, 0.6) is 0 Å². The van der Waals surface area contributed by atoms with E-state index in [1.165, 1.54) is 0 Å². The Balaban J connectivity index is 2.05. The largest absolute Gasteiger partial charge is 0.397 e. The molecule has 19 heavy (non-hydrogen) atoms. The molecule has 0 aromatic heterocycles. The summed E-state index contributed by atoms with van der Waals surface area (Å²) in [6.07, 6.45) is 0. The molecule has 2 rings (SSSR count). The smallest absolute Gasteiger partial charge is 0.323 e. The Morgan fingerprint density at radius 3 is 2.26 bits per heavy atom. The van der Waals surface area contributed by atoms with Gasteiger partial charge in [-0.2, -0.15) is 0 Å². The number of carbonyl (C=O) groups is 1. The number of urea groups is 1. The summed E-state index contributed by atoms with van der Waals surface area (Å²) >= 11 is 11.6. The SMILES string of the molecule is Nc1ccc(Cl)cc1NC(=O)Nc1ccc(Cl)cc1. The first-order valence-corrected chi connectivity index (χ1v) is 6.19. The van der Waals surface area contributed by atoms with E-state index in [9.17, 15) is 4.79 Å². The van der Waals surface area contributed by atoms with Gasteiger partial charge < -0.3 is 16.4 Å². The summed E-state index contributed by atoms with van der Waals surface area (Å²) in [4.78, 5) is 11.8. The average Bonchev–Trinajstić information content (AvgIpc) is 2.37. The summed E-state index contributed by atoms with van der Waals surface area (Å²) in [7, 11) is 0. The van der Waals surface area contributed by atoms with Crippen LogP contribution in [-0.4, -0.2) is 6.03 Å². The summed E-state index contributed by atoms with van der Waals surface area (Å²) in [5, 5.41) is 6.38. The van der Waals surface area contributed by atoms with Crippen molar-refractivity contribution in [3.05, 3.63) is 52.5 Å². The molecule has 0 saturated carbocycles. The summed E-state index contributed by atoms with van der Waals surface area (Å²) in [6, 6.07) is 11.2. The maximum absolute atomic E-state index is 11.8. The third kappa shape index (κ3) is 3.77. The van der Waals surface area contributed by atoms with Crippen molar-refractivity contribution < 1.29 is 4.79 Å². The van der Waals surface area contributed by atoms with Crippen molar-refractivity contribution in [2.45, 2.75) is 0 Å². The predicted molar refractivity (Wildman–Crippen MR) is 80.0 cm³/mol. The number of amides is 2. The normalized spacial score (nSPS) is 10.0. The van der Waals surface area contributed by atoms with Crippen LogP contribution >= 0.6 is 23.2 Å². The van der Waals surface area contributed by atoms with E-state index in [0.29, 0.717) is 27.1 Å². The van der Waals surface area contributed by atoms with Crippen LogP contribution in [0.3, 0.4) is 0 Å². The number of hydrogen-bond donors (Lipinski definition) is 3. The fourth-order valence-electron chi connectivity index (χ4n) is 1.45. The van der Waals surface area contributed by atoms with E-state index >= 15 is 0 Å². The Labute approximate surface area is 120 Å². The minimum absolute atomic E-state index is 0.406. The van der Waals surface area contributed by atoms with Crippen molar-refractivity contribution in [1.29, 1.82) is 0 Å². The van der Waals surface area contributed by atoms with E-state index in [4.69, 9.17) is 28.9 Å². The van der Waals surface area contributed by atoms with Crippen molar-refractivity contribution >= 4 is 46.3 Å². The quantitative estimate of drug-likeness (QED) is 0.726. The third-order valence-corrected chi connectivity index (χ3v) is 2.85. The van der Waals surface area contributed by atoms with Crippen LogP contribution in [0.2, 0.25) is 10.0 Å². The lowest BCUT2D eigenvalue weighted by Gasteiger charge is -2.10. The summed E-state index contributed by atoms with van der Waals surface area (Å²) in [6.45, 7) is 0. The molecular formula is C13H11Cl2N3O. The number of halogens is 2. The lowest BCUT2D eigenvalue weighted by Crippen LogP contribution is -2.20. The van der Waals surface area contributed by atoms with Gasteiger partial charge in [-0.25, -0.2) is 4.79 Å². The third-order valence-electron chi connectivity index (χ3n) is 2.37. The van der Waals surface area contributed by atoms with Crippen LogP contribution in [0.15, 0.2) is 42.5 Å². The Hall–Kier alpha value is -1.91. The van der Waals surface area contributed by atoms with Crippen molar-refractivity contribution in [3.63, 3.8) is 0 Å². The monoisotopic (exact) mass is 295 g/mol. The molecule has 4 N–H and O–H groups in total. The molecule has 0 aliphatic heterocycles. The van der Waals surface area contributed by atoms with E-state index < -0.39 is 6.03 Å². The van der Waals surface area contributed by atoms with Crippen molar-refractivity contribution in [3.8, 4) is 0 Å². The summed E-state index contributed by atoms with van der Waals surface area (Å²) < 4.78 is 0. The predicted octanol–water partition coefficient (Wildman–Crippen LogP) is 4.22. The fourth-order valence-corrected chi connectivity index (χ4v) is 1.75. The second-order valence-electron chi connectivity index (χ2n) is 3.82. The Bertz CT molecular complexity index is 599. The first-order valence-electron chi connectivity index (χ1n) is 5.43. The van der Waals surface area contributed by atoms with E-state index in [2.05, 4.69) is 10.6 Å². The lowest BCUT2D eigenvalue weighted by molar-refractivity contribution is 0.262. The molecular weight excluding hydrogens is 285 g/mol. The minimum Gasteiger partial charge on any atom is -0.397 e. The van der Waals surface area contributed by atoms with Gasteiger partial charge in [0.05, 0.1) is 11.4 Å². The standard InChI is InChI=1S/C13H11Cl2N3O/c14-8-1-4-10(5-2-8)17-13(19)18-12-7-9(15)3-6-11(12)16/h1-7H,16H2,(H2,17,18,19). The van der Waals surface area contributed by atoms with E-state index in [1.807, 2.05) is 0 Å². The molecule has 0 fully saturated rings. The lowest BCUT2D eigenvalue weighted by atomic mass is 10.2. The molecule has 4 nitrogen and oxygen atoms in total. The van der Waals surface area contributed by atoms with Crippen molar-refractivity contribution in [1.82, 2.24) is 0 Å². The van der Waals surface area contributed by atoms with E-state index in [0.717, 1.165) is 0 Å². The minimum atomic E-state index is -0.406. The van der Waals surface area contributed by atoms with Gasteiger partial charge >= 0.3 is 6.03 Å². The van der Waals surface area contributed by atoms with E-state index in [-0.39, 0.29) is 0 Å². The highest BCUT2D eigenvalue weighted by Gasteiger charge is 2.06. The second-order valence-corrected chi connectivity index (χ2v) is 4.69. The molecule has 0 aliphatic rings. The van der Waals surface area contributed by atoms with Crippen LogP contribution < -0.4 is 16.4 Å². The van der Waals surface area contributed by atoms with Gasteiger partial charge in [0.25, 0.3) is 0 Å². The van der Waals surface area contributed by atoms with Gasteiger partial charge in [-0.1, -0.05) is 23.2 Å². The fraction of sp³-hybridized carbons (Fsp3) is 0. The zero-order valence-electron chi connectivity index (χ0n) is 9.78. The zero-order valence-corrected chi connectivity index (χ0v) is 11.3. The van der Waals surface area contributed by atoms with Crippen molar-refractivity contribution in [2.24, 2.45) is 0 Å². The molecule has 0 heterocycles. The second kappa shape index (κ2) is 5.82. The first-order chi connectivity index (χ1) is 9.04. The zero-order chi connectivity index (χ0) is 13.8. The van der Waals surface area contributed by atoms with Crippen LogP contribution in [0.1, 0.15) is 0 Å². The molecule has 0 saturated heterocycles. The van der Waals surface area contributed by atoms with Crippen LogP contribution in [0.25, 0.3) is 0 Å². The molecule has 2 aromatic carbocycles. The van der Waals surface area contributed by atoms with E-state index in [1.54, 1.807) is 42.5 Å². The Morgan fingerprint density at radius 1 is 0.947 bits per heavy atom. The first kappa shape index (κ1) is 13.5. The topological polar surface area (TPSA) is 67.1 Å². The highest BCUT2D eigenvalue weighted by atomic mass is 35.5. The number of benzene rings is 2. The van der Waals surface area contributed by atoms with Crippen LogP contribution in [0, 0.1) is 0 Å². The number of anilines is 3. The number of carbonyl (C=O) groups excluding carboxylic acids is 1. The average molecular weight is 296 g/mol. The molecule has 2 amide bonds. The highest BCUT2D eigenvalue weighted by Crippen LogP contribution is 2.23. The molecule has 0 atom stereocenters. The number of rotatable bonds is 2. The molecule has 0 spiro atoms. The van der Waals surface area contributed by atoms with Gasteiger partial charge in [0.2, 0.25) is 0 Å². The molecule has 2 aromatic rings. The number of nitrogens with one attached hydrogen (secondary N) is 2. The molecule has 0 bridgehead atoms. The van der Waals surface area contributed by atoms with Crippen molar-refractivity contribution in [2.75, 3.05) is 16.4 Å². The van der Waals surface area contributed by atoms with Gasteiger partial charge in [0.15, 0.2) is 0 Å². The van der Waals surface area contributed by atoms with Crippen LogP contribution in [-0.2, 0) is 0 Å². The van der Waals surface area contributed by atoms with Gasteiger partial charge in [-0.3, -0.25) is 0 Å². The van der Waals surface area contributed by atoms with Crippen LogP contribution in [0.4, 0.5) is 21.9 Å². The maximum Gasteiger partial charge on any atom is 0.323 e.